The van der Waals surface area contributed by atoms with Gasteiger partial charge in [0.15, 0.2) is 0 Å². The number of nitrogen functional groups attached to an aromatic ring is 1. The number of benzene rings is 1. The molecule has 0 spiro atoms. The number of carboxylic acid groups (broad SMARTS) is 1. The first kappa shape index (κ1) is 15.7. The highest BCUT2D eigenvalue weighted by atomic mass is 16.4. The van der Waals surface area contributed by atoms with E-state index in [2.05, 4.69) is 0 Å². The summed E-state index contributed by atoms with van der Waals surface area (Å²) in [5, 5.41) is 16.5. The molecule has 86 valence electrons. The first-order valence-corrected chi connectivity index (χ1v) is 4.83. The standard InChI is InChI=1S/C6H7NO.C3H6O2.C2H6/c7-5-3-1-2-4-6(5)8;1-2-3(4)5;1-2/h1-4,8H,7H2;2H2,1H3,(H,4,5);1-2H3. The number of carbonyl (C=O) groups is 1. The number of para-hydroxylation sites is 2. The van der Waals surface area contributed by atoms with Crippen molar-refractivity contribution in [3.8, 4) is 5.75 Å². The third-order valence-electron chi connectivity index (χ3n) is 1.24. The van der Waals surface area contributed by atoms with Crippen molar-refractivity contribution in [1.29, 1.82) is 0 Å². The molecule has 0 atom stereocenters. The molecule has 0 saturated carbocycles. The van der Waals surface area contributed by atoms with E-state index in [-0.39, 0.29) is 12.2 Å². The van der Waals surface area contributed by atoms with Crippen molar-refractivity contribution >= 4 is 11.7 Å². The number of rotatable bonds is 1. The van der Waals surface area contributed by atoms with Crippen LogP contribution in [0.15, 0.2) is 24.3 Å². The fraction of sp³-hybridized carbons (Fsp3) is 0.364. The number of anilines is 1. The van der Waals surface area contributed by atoms with Crippen molar-refractivity contribution in [3.05, 3.63) is 24.3 Å². The third kappa shape index (κ3) is 10.2. The Balaban J connectivity index is 0. The summed E-state index contributed by atoms with van der Waals surface area (Å²) in [4.78, 5) is 9.37. The maximum Gasteiger partial charge on any atom is 0.303 e. The summed E-state index contributed by atoms with van der Waals surface area (Å²) < 4.78 is 0. The Morgan fingerprint density at radius 1 is 1.33 bits per heavy atom. The lowest BCUT2D eigenvalue weighted by Crippen LogP contribution is -1.86. The summed E-state index contributed by atoms with van der Waals surface area (Å²) >= 11 is 0. The second-order valence-electron chi connectivity index (χ2n) is 2.31. The topological polar surface area (TPSA) is 83.5 Å². The van der Waals surface area contributed by atoms with Crippen LogP contribution < -0.4 is 5.73 Å². The minimum absolute atomic E-state index is 0.146. The zero-order valence-corrected chi connectivity index (χ0v) is 9.40. The Morgan fingerprint density at radius 3 is 1.93 bits per heavy atom. The first-order chi connectivity index (χ1) is 7.07. The monoisotopic (exact) mass is 213 g/mol. The van der Waals surface area contributed by atoms with Crippen LogP contribution in [0.25, 0.3) is 0 Å². The maximum absolute atomic E-state index is 9.37. The van der Waals surface area contributed by atoms with Crippen LogP contribution in [0.1, 0.15) is 27.2 Å². The first-order valence-electron chi connectivity index (χ1n) is 4.83. The van der Waals surface area contributed by atoms with Gasteiger partial charge in [-0.1, -0.05) is 32.9 Å². The molecular formula is C11H19NO3. The zero-order chi connectivity index (χ0) is 12.3. The number of hydrogen-bond donors (Lipinski definition) is 3. The molecule has 0 bridgehead atoms. The fourth-order valence-electron chi connectivity index (χ4n) is 0.488. The number of nitrogens with two attached hydrogens (primary N) is 1. The quantitative estimate of drug-likeness (QED) is 0.494. The molecule has 0 radical (unpaired) electrons. The fourth-order valence-corrected chi connectivity index (χ4v) is 0.488. The van der Waals surface area contributed by atoms with Crippen molar-refractivity contribution in [3.63, 3.8) is 0 Å². The van der Waals surface area contributed by atoms with Crippen LogP contribution in [0.3, 0.4) is 0 Å². The van der Waals surface area contributed by atoms with E-state index in [4.69, 9.17) is 15.9 Å². The Bertz CT molecular complexity index is 253. The van der Waals surface area contributed by atoms with E-state index >= 15 is 0 Å². The molecule has 4 nitrogen and oxygen atoms in total. The Labute approximate surface area is 90.4 Å². The second-order valence-corrected chi connectivity index (χ2v) is 2.31. The normalized spacial score (nSPS) is 7.67. The van der Waals surface area contributed by atoms with E-state index in [1.54, 1.807) is 31.2 Å². The van der Waals surface area contributed by atoms with Crippen molar-refractivity contribution < 1.29 is 15.0 Å². The minimum Gasteiger partial charge on any atom is -0.506 e. The highest BCUT2D eigenvalue weighted by Gasteiger charge is 1.87. The van der Waals surface area contributed by atoms with Crippen LogP contribution in [0.4, 0.5) is 5.69 Å². The molecule has 0 aliphatic rings. The van der Waals surface area contributed by atoms with Gasteiger partial charge in [-0.15, -0.1) is 0 Å². The van der Waals surface area contributed by atoms with Crippen molar-refractivity contribution in [2.45, 2.75) is 27.2 Å². The third-order valence-corrected chi connectivity index (χ3v) is 1.24. The summed E-state index contributed by atoms with van der Waals surface area (Å²) in [5.41, 5.74) is 5.69. The van der Waals surface area contributed by atoms with Gasteiger partial charge in [-0.3, -0.25) is 4.79 Å². The smallest absolute Gasteiger partial charge is 0.303 e. The molecule has 0 aliphatic carbocycles. The molecule has 4 N–H and O–H groups in total. The van der Waals surface area contributed by atoms with Gasteiger partial charge in [0.2, 0.25) is 0 Å². The number of hydrogen-bond acceptors (Lipinski definition) is 3. The summed E-state index contributed by atoms with van der Waals surface area (Å²) in [7, 11) is 0. The van der Waals surface area contributed by atoms with Gasteiger partial charge in [0.1, 0.15) is 5.75 Å². The Morgan fingerprint density at radius 2 is 1.73 bits per heavy atom. The van der Waals surface area contributed by atoms with Crippen LogP contribution >= 0.6 is 0 Å². The lowest BCUT2D eigenvalue weighted by Gasteiger charge is -1.92. The molecule has 15 heavy (non-hydrogen) atoms. The van der Waals surface area contributed by atoms with Crippen LogP contribution in [0.5, 0.6) is 5.75 Å². The molecule has 1 aromatic carbocycles. The van der Waals surface area contributed by atoms with E-state index in [0.29, 0.717) is 5.69 Å². The molecule has 1 aromatic rings. The number of aromatic hydroxyl groups is 1. The van der Waals surface area contributed by atoms with Crippen molar-refractivity contribution in [2.24, 2.45) is 0 Å². The molecule has 0 aromatic heterocycles. The largest absolute Gasteiger partial charge is 0.506 e. The molecule has 1 rings (SSSR count). The van der Waals surface area contributed by atoms with E-state index < -0.39 is 5.97 Å². The predicted octanol–water partition coefficient (Wildman–Crippen LogP) is 2.48. The Kier molecular flexibility index (Phi) is 10.9. The predicted molar refractivity (Wildman–Crippen MR) is 61.8 cm³/mol. The average Bonchev–Trinajstić information content (AvgIpc) is 2.26. The van der Waals surface area contributed by atoms with E-state index in [1.165, 1.54) is 0 Å². The number of carboxylic acids is 1. The van der Waals surface area contributed by atoms with Gasteiger partial charge in [0, 0.05) is 6.42 Å². The van der Waals surface area contributed by atoms with Gasteiger partial charge in [0.05, 0.1) is 5.69 Å². The molecule has 0 amide bonds. The summed E-state index contributed by atoms with van der Waals surface area (Å²) in [6, 6.07) is 6.70. The van der Waals surface area contributed by atoms with Gasteiger partial charge in [-0.2, -0.15) is 0 Å². The highest BCUT2D eigenvalue weighted by molar-refractivity contribution is 5.66. The molecule has 0 heterocycles. The molecule has 0 saturated heterocycles. The summed E-state index contributed by atoms with van der Waals surface area (Å²) in [6.07, 6.45) is 0.222. The van der Waals surface area contributed by atoms with Gasteiger partial charge in [-0.05, 0) is 12.1 Å². The van der Waals surface area contributed by atoms with E-state index in [1.807, 2.05) is 13.8 Å². The maximum atomic E-state index is 9.37. The van der Waals surface area contributed by atoms with Crippen molar-refractivity contribution in [1.82, 2.24) is 0 Å². The number of phenolic OH excluding ortho intramolecular Hbond substituents is 1. The summed E-state index contributed by atoms with van der Waals surface area (Å²) in [6.45, 7) is 5.60. The van der Waals surface area contributed by atoms with Gasteiger partial charge >= 0.3 is 5.97 Å². The van der Waals surface area contributed by atoms with Crippen LogP contribution in [0.2, 0.25) is 0 Å². The molecule has 0 unspecified atom stereocenters. The highest BCUT2D eigenvalue weighted by Crippen LogP contribution is 2.16. The number of phenols is 1. The lowest BCUT2D eigenvalue weighted by atomic mass is 10.3. The average molecular weight is 213 g/mol. The molecule has 4 heteroatoms. The van der Waals surface area contributed by atoms with E-state index in [9.17, 15) is 4.79 Å². The van der Waals surface area contributed by atoms with Gasteiger partial charge in [-0.25, -0.2) is 0 Å². The number of aliphatic carboxylic acids is 1. The molecule has 0 fully saturated rings. The van der Waals surface area contributed by atoms with E-state index in [0.717, 1.165) is 0 Å². The molecular weight excluding hydrogens is 194 g/mol. The summed E-state index contributed by atoms with van der Waals surface area (Å²) in [5.74, 6) is -0.600. The Hall–Kier alpha value is -1.71. The minimum atomic E-state index is -0.745. The van der Waals surface area contributed by atoms with Gasteiger partial charge < -0.3 is 15.9 Å². The van der Waals surface area contributed by atoms with Crippen LogP contribution in [-0.2, 0) is 4.79 Å². The van der Waals surface area contributed by atoms with Crippen molar-refractivity contribution in [2.75, 3.05) is 5.73 Å². The van der Waals surface area contributed by atoms with Crippen LogP contribution in [-0.4, -0.2) is 16.2 Å². The molecule has 0 aliphatic heterocycles. The lowest BCUT2D eigenvalue weighted by molar-refractivity contribution is -0.136. The second kappa shape index (κ2) is 10.4. The van der Waals surface area contributed by atoms with Crippen LogP contribution in [0, 0.1) is 0 Å². The SMILES string of the molecule is CC.CCC(=O)O.Nc1ccccc1O. The van der Waals surface area contributed by atoms with Gasteiger partial charge in [0.25, 0.3) is 0 Å². The zero-order valence-electron chi connectivity index (χ0n) is 9.40.